The van der Waals surface area contributed by atoms with Gasteiger partial charge in [-0.05, 0) is 19.8 Å². The number of ether oxygens (including phenoxy) is 2. The number of amides is 2. The highest BCUT2D eigenvalue weighted by Crippen LogP contribution is 2.14. The highest BCUT2D eigenvalue weighted by atomic mass is 16.5. The fourth-order valence-corrected chi connectivity index (χ4v) is 2.01. The fourth-order valence-electron chi connectivity index (χ4n) is 2.01. The summed E-state index contributed by atoms with van der Waals surface area (Å²) < 4.78 is 9.99. The summed E-state index contributed by atoms with van der Waals surface area (Å²) in [4.78, 5) is 34.8. The van der Waals surface area contributed by atoms with Gasteiger partial charge in [-0.15, -0.1) is 0 Å². The molecular formula is C13H22N2O5. The quantitative estimate of drug-likeness (QED) is 0.618. The van der Waals surface area contributed by atoms with E-state index >= 15 is 0 Å². The summed E-state index contributed by atoms with van der Waals surface area (Å²) in [5, 5.41) is 2.59. The Morgan fingerprint density at radius 1 is 1.45 bits per heavy atom. The first-order chi connectivity index (χ1) is 9.45. The summed E-state index contributed by atoms with van der Waals surface area (Å²) in [5.41, 5.74) is 5.27. The Balaban J connectivity index is 2.53. The fraction of sp³-hybridized carbons (Fsp3) is 0.769. The maximum Gasteiger partial charge on any atom is 0.308 e. The predicted octanol–water partition coefficient (Wildman–Crippen LogP) is -0.418. The lowest BCUT2D eigenvalue weighted by Crippen LogP contribution is -2.48. The van der Waals surface area contributed by atoms with Crippen molar-refractivity contribution >= 4 is 17.8 Å². The first-order valence-corrected chi connectivity index (χ1v) is 6.79. The van der Waals surface area contributed by atoms with Crippen LogP contribution in [0.1, 0.15) is 26.7 Å². The van der Waals surface area contributed by atoms with E-state index in [0.717, 1.165) is 0 Å². The van der Waals surface area contributed by atoms with Crippen LogP contribution in [0.3, 0.4) is 0 Å². The largest absolute Gasteiger partial charge is 0.466 e. The van der Waals surface area contributed by atoms with Crippen molar-refractivity contribution in [3.63, 3.8) is 0 Å². The molecule has 0 spiro atoms. The topological polar surface area (TPSA) is 108 Å². The van der Waals surface area contributed by atoms with E-state index in [2.05, 4.69) is 5.32 Å². The Morgan fingerprint density at radius 2 is 2.15 bits per heavy atom. The molecule has 1 aliphatic rings. The molecule has 1 fully saturated rings. The van der Waals surface area contributed by atoms with Gasteiger partial charge in [-0.1, -0.05) is 6.92 Å². The third-order valence-corrected chi connectivity index (χ3v) is 3.24. The Kier molecular flexibility index (Phi) is 6.44. The smallest absolute Gasteiger partial charge is 0.308 e. The molecule has 1 rings (SSSR count). The van der Waals surface area contributed by atoms with Crippen LogP contribution >= 0.6 is 0 Å². The zero-order valence-corrected chi connectivity index (χ0v) is 11.9. The van der Waals surface area contributed by atoms with Crippen LogP contribution in [0.5, 0.6) is 0 Å². The van der Waals surface area contributed by atoms with Crippen molar-refractivity contribution in [1.82, 2.24) is 5.32 Å². The van der Waals surface area contributed by atoms with Gasteiger partial charge in [0, 0.05) is 6.61 Å². The normalized spacial score (nSPS) is 21.0. The van der Waals surface area contributed by atoms with E-state index in [-0.39, 0.29) is 24.9 Å². The summed E-state index contributed by atoms with van der Waals surface area (Å²) in [6.07, 6.45) is 0.762. The molecule has 1 heterocycles. The van der Waals surface area contributed by atoms with Gasteiger partial charge in [-0.3, -0.25) is 14.4 Å². The third-order valence-electron chi connectivity index (χ3n) is 3.24. The van der Waals surface area contributed by atoms with Gasteiger partial charge in [0.1, 0.15) is 6.04 Å². The highest BCUT2D eigenvalue weighted by molar-refractivity contribution is 5.88. The van der Waals surface area contributed by atoms with E-state index in [1.165, 1.54) is 0 Å². The third kappa shape index (κ3) is 4.80. The van der Waals surface area contributed by atoms with Crippen LogP contribution in [0, 0.1) is 11.8 Å². The Labute approximate surface area is 118 Å². The van der Waals surface area contributed by atoms with Crippen molar-refractivity contribution in [1.29, 1.82) is 0 Å². The second-order valence-corrected chi connectivity index (χ2v) is 4.91. The standard InChI is InChI=1S/C13H22N2O5/c1-3-20-13(18)8(2)6-10(11(14)16)15-12(17)9-4-5-19-7-9/h8-10H,3-7H2,1-2H3,(H2,14,16)(H,15,17)/t8-,9-,10-/m0/s1. The average molecular weight is 286 g/mol. The van der Waals surface area contributed by atoms with Crippen LogP contribution in [0.15, 0.2) is 0 Å². The molecule has 1 aliphatic heterocycles. The minimum Gasteiger partial charge on any atom is -0.466 e. The number of nitrogens with one attached hydrogen (secondary N) is 1. The zero-order valence-electron chi connectivity index (χ0n) is 11.9. The van der Waals surface area contributed by atoms with E-state index in [9.17, 15) is 14.4 Å². The maximum atomic E-state index is 11.9. The molecule has 3 atom stereocenters. The van der Waals surface area contributed by atoms with Crippen molar-refractivity contribution in [3.05, 3.63) is 0 Å². The Hall–Kier alpha value is -1.63. The van der Waals surface area contributed by atoms with E-state index in [1.807, 2.05) is 0 Å². The molecule has 114 valence electrons. The molecule has 2 amide bonds. The molecule has 0 aromatic heterocycles. The molecular weight excluding hydrogens is 264 g/mol. The molecule has 0 aromatic carbocycles. The number of rotatable bonds is 7. The van der Waals surface area contributed by atoms with Gasteiger partial charge < -0.3 is 20.5 Å². The molecule has 0 aliphatic carbocycles. The maximum absolute atomic E-state index is 11.9. The van der Waals surface area contributed by atoms with Crippen molar-refractivity contribution in [2.24, 2.45) is 17.6 Å². The van der Waals surface area contributed by atoms with Gasteiger partial charge in [0.2, 0.25) is 11.8 Å². The summed E-state index contributed by atoms with van der Waals surface area (Å²) in [7, 11) is 0. The molecule has 7 nitrogen and oxygen atoms in total. The molecule has 0 unspecified atom stereocenters. The number of esters is 1. The van der Waals surface area contributed by atoms with Gasteiger partial charge in [0.15, 0.2) is 0 Å². The Bertz CT molecular complexity index is 366. The van der Waals surface area contributed by atoms with E-state index in [4.69, 9.17) is 15.2 Å². The summed E-state index contributed by atoms with van der Waals surface area (Å²) in [6.45, 7) is 4.51. The predicted molar refractivity (Wildman–Crippen MR) is 70.5 cm³/mol. The van der Waals surface area contributed by atoms with E-state index in [1.54, 1.807) is 13.8 Å². The number of primary amides is 1. The Morgan fingerprint density at radius 3 is 2.65 bits per heavy atom. The summed E-state index contributed by atoms with van der Waals surface area (Å²) >= 11 is 0. The molecule has 0 radical (unpaired) electrons. The van der Waals surface area contributed by atoms with Crippen molar-refractivity contribution in [2.75, 3.05) is 19.8 Å². The highest BCUT2D eigenvalue weighted by Gasteiger charge is 2.29. The van der Waals surface area contributed by atoms with Crippen molar-refractivity contribution < 1.29 is 23.9 Å². The first-order valence-electron chi connectivity index (χ1n) is 6.79. The van der Waals surface area contributed by atoms with Crippen LogP contribution < -0.4 is 11.1 Å². The number of nitrogens with two attached hydrogens (primary N) is 1. The molecule has 1 saturated heterocycles. The lowest BCUT2D eigenvalue weighted by molar-refractivity contribution is -0.148. The number of carbonyl (C=O) groups is 3. The molecule has 20 heavy (non-hydrogen) atoms. The molecule has 3 N–H and O–H groups in total. The SMILES string of the molecule is CCOC(=O)[C@@H](C)C[C@H](NC(=O)[C@H]1CCOC1)C(N)=O. The molecule has 0 saturated carbocycles. The molecule has 7 heteroatoms. The van der Waals surface area contributed by atoms with E-state index in [0.29, 0.717) is 19.6 Å². The minimum atomic E-state index is -0.873. The number of hydrogen-bond acceptors (Lipinski definition) is 5. The second kappa shape index (κ2) is 7.84. The van der Waals surface area contributed by atoms with Crippen molar-refractivity contribution in [2.45, 2.75) is 32.7 Å². The summed E-state index contributed by atoms with van der Waals surface area (Å²) in [5.74, 6) is -2.09. The van der Waals surface area contributed by atoms with E-state index < -0.39 is 23.8 Å². The average Bonchev–Trinajstić information content (AvgIpc) is 2.91. The monoisotopic (exact) mass is 286 g/mol. The van der Waals surface area contributed by atoms with Gasteiger partial charge in [0.25, 0.3) is 0 Å². The van der Waals surface area contributed by atoms with Crippen LogP contribution in [0.2, 0.25) is 0 Å². The number of carbonyl (C=O) groups excluding carboxylic acids is 3. The van der Waals surface area contributed by atoms with Gasteiger partial charge in [-0.2, -0.15) is 0 Å². The lowest BCUT2D eigenvalue weighted by Gasteiger charge is -2.20. The van der Waals surface area contributed by atoms with Crippen LogP contribution in [0.25, 0.3) is 0 Å². The zero-order chi connectivity index (χ0) is 15.1. The first kappa shape index (κ1) is 16.4. The van der Waals surface area contributed by atoms with Crippen LogP contribution in [-0.2, 0) is 23.9 Å². The second-order valence-electron chi connectivity index (χ2n) is 4.91. The molecule has 0 aromatic rings. The summed E-state index contributed by atoms with van der Waals surface area (Å²) in [6, 6.07) is -0.873. The molecule has 0 bridgehead atoms. The van der Waals surface area contributed by atoms with Crippen molar-refractivity contribution in [3.8, 4) is 0 Å². The van der Waals surface area contributed by atoms with Gasteiger partial charge in [0.05, 0.1) is 25.0 Å². The lowest BCUT2D eigenvalue weighted by atomic mass is 10.00. The van der Waals surface area contributed by atoms with Gasteiger partial charge in [-0.25, -0.2) is 0 Å². The van der Waals surface area contributed by atoms with Crippen LogP contribution in [0.4, 0.5) is 0 Å². The van der Waals surface area contributed by atoms with Crippen LogP contribution in [-0.4, -0.2) is 43.6 Å². The number of hydrogen-bond donors (Lipinski definition) is 2. The van der Waals surface area contributed by atoms with Gasteiger partial charge >= 0.3 is 5.97 Å². The minimum absolute atomic E-state index is 0.132.